The topological polar surface area (TPSA) is 91.3 Å². The van der Waals surface area contributed by atoms with Gasteiger partial charge < -0.3 is 9.47 Å². The van der Waals surface area contributed by atoms with Gasteiger partial charge in [0, 0.05) is 30.6 Å². The van der Waals surface area contributed by atoms with Crippen LogP contribution in [-0.2, 0) is 9.59 Å². The number of rotatable bonds is 18. The van der Waals surface area contributed by atoms with Crippen LogP contribution in [0.3, 0.4) is 0 Å². The average molecular weight is 696 g/mol. The monoisotopic (exact) mass is 695 g/mol. The quantitative estimate of drug-likeness (QED) is 0.0513. The fourth-order valence-electron chi connectivity index (χ4n) is 7.40. The minimum Gasteiger partial charge on any atom is -0.429 e. The van der Waals surface area contributed by atoms with Gasteiger partial charge in [0.15, 0.2) is 0 Å². The summed E-state index contributed by atoms with van der Waals surface area (Å²) in [6.07, 6.45) is 17.9. The van der Waals surface area contributed by atoms with Crippen molar-refractivity contribution in [3.63, 3.8) is 0 Å². The number of ether oxygens (including phenoxy) is 2. The van der Waals surface area contributed by atoms with Crippen LogP contribution in [-0.4, -0.2) is 36.0 Å². The van der Waals surface area contributed by atoms with Crippen LogP contribution in [0.4, 0.5) is 0 Å². The molecule has 0 amide bonds. The maximum absolute atomic E-state index is 11.3. The summed E-state index contributed by atoms with van der Waals surface area (Å²) < 4.78 is 10.2. The summed E-state index contributed by atoms with van der Waals surface area (Å²) in [6, 6.07) is 29.3. The first-order valence-electron chi connectivity index (χ1n) is 18.2. The fourth-order valence-corrected chi connectivity index (χ4v) is 13.1. The molecule has 0 N–H and O–H groups in total. The van der Waals surface area contributed by atoms with Crippen LogP contribution in [0.5, 0.6) is 11.5 Å². The number of hydrogen-bond donors (Lipinski definition) is 0. The summed E-state index contributed by atoms with van der Waals surface area (Å²) >= 11 is 0. The number of nitrogens with zero attached hydrogens (tertiary/aromatic N) is 3. The summed E-state index contributed by atoms with van der Waals surface area (Å²) in [5.74, 6) is 0.626. The summed E-state index contributed by atoms with van der Waals surface area (Å²) in [5, 5.41) is 3.24. The van der Waals surface area contributed by atoms with E-state index in [-0.39, 0.29) is 0 Å². The molecule has 0 spiro atoms. The van der Waals surface area contributed by atoms with E-state index in [0.29, 0.717) is 47.2 Å². The van der Waals surface area contributed by atoms with Crippen LogP contribution in [0.15, 0.2) is 91.3 Å². The van der Waals surface area contributed by atoms with Gasteiger partial charge in [-0.1, -0.05) is 120 Å². The molecule has 51 heavy (non-hydrogen) atoms. The van der Waals surface area contributed by atoms with Gasteiger partial charge in [-0.25, -0.2) is 4.98 Å². The summed E-state index contributed by atoms with van der Waals surface area (Å²) in [5.41, 5.74) is 7.08. The molecule has 0 atom stereocenters. The Balaban J connectivity index is 1.32. The molecule has 2 aromatic carbocycles. The van der Waals surface area contributed by atoms with Gasteiger partial charge in [-0.3, -0.25) is 19.6 Å². The maximum Gasteiger partial charge on any atom is 0.298 e. The summed E-state index contributed by atoms with van der Waals surface area (Å²) in [6.45, 7) is 5.31. The van der Waals surface area contributed by atoms with Crippen molar-refractivity contribution in [3.05, 3.63) is 102 Å². The van der Waals surface area contributed by atoms with Gasteiger partial charge in [0.05, 0.1) is 22.8 Å². The van der Waals surface area contributed by atoms with E-state index in [0.717, 1.165) is 5.56 Å². The second kappa shape index (κ2) is 17.1. The van der Waals surface area contributed by atoms with Crippen LogP contribution in [0.25, 0.3) is 46.1 Å². The van der Waals surface area contributed by atoms with Crippen LogP contribution in [0.2, 0.25) is 12.1 Å². The molecular weight excluding hydrogens is 651 g/mol. The molecule has 0 saturated carbocycles. The van der Waals surface area contributed by atoms with Gasteiger partial charge in [0.25, 0.3) is 12.9 Å². The van der Waals surface area contributed by atoms with E-state index in [9.17, 15) is 9.59 Å². The van der Waals surface area contributed by atoms with E-state index < -0.39 is 8.07 Å². The molecule has 0 unspecified atom stereocenters. The van der Waals surface area contributed by atoms with Crippen LogP contribution < -0.4 is 19.8 Å². The third-order valence-electron chi connectivity index (χ3n) is 9.88. The second-order valence-electron chi connectivity index (χ2n) is 13.2. The molecule has 3 aromatic heterocycles. The Hall–Kier alpha value is -5.21. The Labute approximate surface area is 301 Å². The molecule has 8 heteroatoms. The Morgan fingerprint density at radius 1 is 0.569 bits per heavy atom. The predicted octanol–water partition coefficient (Wildman–Crippen LogP) is 9.15. The van der Waals surface area contributed by atoms with Crippen molar-refractivity contribution in [2.75, 3.05) is 0 Å². The van der Waals surface area contributed by atoms with Crippen LogP contribution in [0, 0.1) is 0 Å². The Morgan fingerprint density at radius 3 is 1.84 bits per heavy atom. The number of fused-ring (bicyclic) bond motifs is 3. The second-order valence-corrected chi connectivity index (χ2v) is 17.5. The lowest BCUT2D eigenvalue weighted by Gasteiger charge is -2.30. The molecule has 1 aliphatic heterocycles. The van der Waals surface area contributed by atoms with Gasteiger partial charge in [0.2, 0.25) is 0 Å². The Kier molecular flexibility index (Phi) is 12.0. The van der Waals surface area contributed by atoms with E-state index in [2.05, 4.69) is 78.4 Å². The largest absolute Gasteiger partial charge is 0.429 e. The van der Waals surface area contributed by atoms with E-state index >= 15 is 0 Å². The van der Waals surface area contributed by atoms with Crippen LogP contribution >= 0.6 is 0 Å². The summed E-state index contributed by atoms with van der Waals surface area (Å²) in [4.78, 5) is 35.9. The summed E-state index contributed by atoms with van der Waals surface area (Å²) in [7, 11) is -1.94. The lowest BCUT2D eigenvalue weighted by atomic mass is 10.0. The first kappa shape index (κ1) is 35.6. The molecule has 0 aliphatic carbocycles. The number of carbonyl (C=O) groups is 2. The first-order chi connectivity index (χ1) is 25.1. The zero-order chi connectivity index (χ0) is 35.5. The van der Waals surface area contributed by atoms with E-state index in [1.165, 1.54) is 86.3 Å². The number of benzene rings is 2. The zero-order valence-electron chi connectivity index (χ0n) is 29.5. The molecular formula is C43H45N3O4Si. The molecule has 0 saturated heterocycles. The van der Waals surface area contributed by atoms with Gasteiger partial charge in [-0.05, 0) is 62.9 Å². The number of pyridine rings is 3. The first-order valence-corrected chi connectivity index (χ1v) is 20.6. The normalized spacial score (nSPS) is 12.7. The van der Waals surface area contributed by atoms with Crippen LogP contribution in [0.1, 0.15) is 76.3 Å². The molecule has 260 valence electrons. The average Bonchev–Trinajstić information content (AvgIpc) is 3.43. The number of unbranched alkanes of at least 4 members (excludes halogenated alkanes) is 6. The van der Waals surface area contributed by atoms with Gasteiger partial charge in [-0.15, -0.1) is 0 Å². The highest BCUT2D eigenvalue weighted by Crippen LogP contribution is 2.36. The van der Waals surface area contributed by atoms with E-state index in [1.807, 2.05) is 12.1 Å². The third-order valence-corrected chi connectivity index (χ3v) is 15.2. The standard InChI is InChI=1S/C43H45N3O4Si/c1-3-5-7-11-23-51(24-12-8-6-4-2)42-14-10-9-13-36(42)37-18-17-32(26-43(37)51)15-16-33-19-21-44-38(25-33)40-28-35(50-31-48)29-41(46-40)39-27-34(49-30-47)20-22-45-39/h9-10,13-22,25-31H,3-8,11-12,23-24H2,1-2H3/b16-15+. The third kappa shape index (κ3) is 8.23. The molecule has 4 heterocycles. The van der Waals surface area contributed by atoms with Gasteiger partial charge >= 0.3 is 0 Å². The highest BCUT2D eigenvalue weighted by molar-refractivity contribution is 7.05. The van der Waals surface area contributed by atoms with Crippen molar-refractivity contribution in [1.29, 1.82) is 0 Å². The predicted molar refractivity (Wildman–Crippen MR) is 208 cm³/mol. The molecule has 0 fully saturated rings. The molecule has 0 bridgehead atoms. The number of carbonyl (C=O) groups excluding carboxylic acids is 2. The van der Waals surface area contributed by atoms with Crippen molar-refractivity contribution >= 4 is 43.5 Å². The Bertz CT molecular complexity index is 2000. The van der Waals surface area contributed by atoms with E-state index in [1.54, 1.807) is 40.8 Å². The van der Waals surface area contributed by atoms with Crippen molar-refractivity contribution in [2.24, 2.45) is 0 Å². The van der Waals surface area contributed by atoms with Crippen molar-refractivity contribution < 1.29 is 19.1 Å². The van der Waals surface area contributed by atoms with Crippen molar-refractivity contribution in [1.82, 2.24) is 15.0 Å². The molecule has 0 radical (unpaired) electrons. The van der Waals surface area contributed by atoms with Crippen molar-refractivity contribution in [3.8, 4) is 45.4 Å². The maximum atomic E-state index is 11.3. The molecule has 1 aliphatic rings. The highest BCUT2D eigenvalue weighted by atomic mass is 28.3. The number of aromatic nitrogens is 3. The minimum atomic E-state index is -1.94. The lowest BCUT2D eigenvalue weighted by molar-refractivity contribution is -0.121. The van der Waals surface area contributed by atoms with Gasteiger partial charge in [-0.2, -0.15) is 0 Å². The Morgan fingerprint density at radius 2 is 1.16 bits per heavy atom. The smallest absolute Gasteiger partial charge is 0.298 e. The molecule has 5 aromatic rings. The SMILES string of the molecule is CCCCCC[Si]1(CCCCCC)c2ccccc2-c2ccc(/C=C/c3ccnc(-c4cc(OC=O)cc(-c5cc(OC=O)ccn5)n4)c3)cc21. The lowest BCUT2D eigenvalue weighted by Crippen LogP contribution is -2.55. The van der Waals surface area contributed by atoms with Gasteiger partial charge in [0.1, 0.15) is 19.6 Å². The zero-order valence-corrected chi connectivity index (χ0v) is 30.5. The molecule has 7 nitrogen and oxygen atoms in total. The highest BCUT2D eigenvalue weighted by Gasteiger charge is 2.44. The van der Waals surface area contributed by atoms with E-state index in [4.69, 9.17) is 14.5 Å². The fraction of sp³-hybridized carbons (Fsp3) is 0.279. The van der Waals surface area contributed by atoms with Crippen molar-refractivity contribution in [2.45, 2.75) is 77.3 Å². The number of hydrogen-bond acceptors (Lipinski definition) is 7. The molecule has 6 rings (SSSR count). The minimum absolute atomic E-state index is 0.299.